The van der Waals surface area contributed by atoms with Crippen LogP contribution in [0, 0.1) is 5.82 Å². The Morgan fingerprint density at radius 2 is 1.52 bits per heavy atom. The second-order valence-corrected chi connectivity index (χ2v) is 10.4. The molecule has 198 valence electrons. The first-order valence-electron chi connectivity index (χ1n) is 13.0. The number of hydrogen-bond acceptors (Lipinski definition) is 5. The van der Waals surface area contributed by atoms with E-state index in [-0.39, 0.29) is 23.5 Å². The van der Waals surface area contributed by atoms with E-state index in [0.717, 1.165) is 27.6 Å². The van der Waals surface area contributed by atoms with Crippen molar-refractivity contribution in [3.8, 4) is 0 Å². The molecule has 0 saturated heterocycles. The normalized spacial score (nSPS) is 12.0. The molecule has 0 aliphatic heterocycles. The number of carbonyl (C=O) groups is 1. The second-order valence-electron chi connectivity index (χ2n) is 9.51. The third-order valence-electron chi connectivity index (χ3n) is 6.76. The lowest BCUT2D eigenvalue weighted by Gasteiger charge is -2.19. The summed E-state index contributed by atoms with van der Waals surface area (Å²) in [7, 11) is 0. The molecule has 6 rings (SSSR count). The maximum atomic E-state index is 13.5. The fourth-order valence-corrected chi connectivity index (χ4v) is 5.43. The first-order chi connectivity index (χ1) is 19.6. The molecule has 1 N–H and O–H groups in total. The summed E-state index contributed by atoms with van der Waals surface area (Å²) in [5.74, 6) is -0.223. The van der Waals surface area contributed by atoms with E-state index < -0.39 is 0 Å². The number of carbonyl (C=O) groups excluding carboxylic acids is 1. The summed E-state index contributed by atoms with van der Waals surface area (Å²) in [6.45, 7) is 0.506. The molecule has 6 nitrogen and oxygen atoms in total. The average Bonchev–Trinajstić information content (AvgIpc) is 3.30. The van der Waals surface area contributed by atoms with Crippen molar-refractivity contribution >= 4 is 39.7 Å². The number of hydrogen-bond donors (Lipinski definition) is 1. The number of halogens is 1. The molecular formula is C32H26FN5OS. The van der Waals surface area contributed by atoms with Gasteiger partial charge in [0.15, 0.2) is 5.65 Å². The zero-order valence-electron chi connectivity index (χ0n) is 21.6. The van der Waals surface area contributed by atoms with Gasteiger partial charge < -0.3 is 9.88 Å². The van der Waals surface area contributed by atoms with Crippen molar-refractivity contribution < 1.29 is 9.18 Å². The molecule has 1 atom stereocenters. The fourth-order valence-electron chi connectivity index (χ4n) is 4.84. The van der Waals surface area contributed by atoms with E-state index in [1.807, 2.05) is 72.8 Å². The Kier molecular flexibility index (Phi) is 7.50. The number of thioether (sulfide) groups is 1. The number of benzene rings is 4. The van der Waals surface area contributed by atoms with Gasteiger partial charge in [0.2, 0.25) is 11.1 Å². The minimum Gasteiger partial charge on any atom is -0.348 e. The Hall–Kier alpha value is -4.56. The fraction of sp³-hybridized carbons (Fsp3) is 0.125. The molecule has 0 spiro atoms. The minimum atomic E-state index is -0.273. The first-order valence-corrected chi connectivity index (χ1v) is 14.0. The van der Waals surface area contributed by atoms with Crippen LogP contribution in [0.1, 0.15) is 22.7 Å². The van der Waals surface area contributed by atoms with Gasteiger partial charge in [-0.2, -0.15) is 0 Å². The van der Waals surface area contributed by atoms with Crippen LogP contribution in [-0.2, 0) is 17.8 Å². The molecule has 2 aromatic heterocycles. The third-order valence-corrected chi connectivity index (χ3v) is 7.60. The summed E-state index contributed by atoms with van der Waals surface area (Å²) >= 11 is 1.25. The van der Waals surface area contributed by atoms with Crippen molar-refractivity contribution in [2.75, 3.05) is 5.75 Å². The standard InChI is InChI=1S/C32H26FN5OS/c33-25-17-15-23(16-18-25)20-38-28-14-8-7-13-26(28)30-31(38)35-32(37-36-30)40-21-29(39)34-27(24-11-5-2-6-12-24)19-22-9-3-1-4-10-22/h1-18,27H,19-21H2,(H,34,39). The molecule has 0 aliphatic rings. The Bertz CT molecular complexity index is 1760. The second kappa shape index (κ2) is 11.7. The van der Waals surface area contributed by atoms with E-state index in [9.17, 15) is 9.18 Å². The van der Waals surface area contributed by atoms with Crippen molar-refractivity contribution in [2.45, 2.75) is 24.2 Å². The molecular weight excluding hydrogens is 521 g/mol. The predicted molar refractivity (Wildman–Crippen MR) is 157 cm³/mol. The molecule has 0 aliphatic carbocycles. The van der Waals surface area contributed by atoms with Crippen LogP contribution >= 0.6 is 11.8 Å². The van der Waals surface area contributed by atoms with Gasteiger partial charge in [-0.15, -0.1) is 10.2 Å². The van der Waals surface area contributed by atoms with Crippen LogP contribution in [0.5, 0.6) is 0 Å². The van der Waals surface area contributed by atoms with E-state index in [2.05, 4.69) is 32.2 Å². The maximum Gasteiger partial charge on any atom is 0.230 e. The molecule has 0 saturated carbocycles. The van der Waals surface area contributed by atoms with Crippen LogP contribution in [0.15, 0.2) is 114 Å². The van der Waals surface area contributed by atoms with Crippen LogP contribution < -0.4 is 5.32 Å². The Morgan fingerprint density at radius 1 is 0.825 bits per heavy atom. The minimum absolute atomic E-state index is 0.106. The van der Waals surface area contributed by atoms with Gasteiger partial charge in [0.1, 0.15) is 11.3 Å². The lowest BCUT2D eigenvalue weighted by molar-refractivity contribution is -0.119. The summed E-state index contributed by atoms with van der Waals surface area (Å²) in [6.07, 6.45) is 0.689. The van der Waals surface area contributed by atoms with Gasteiger partial charge in [0.25, 0.3) is 0 Å². The van der Waals surface area contributed by atoms with E-state index in [4.69, 9.17) is 4.98 Å². The number of rotatable bonds is 9. The third kappa shape index (κ3) is 5.72. The Labute approximate surface area is 235 Å². The van der Waals surface area contributed by atoms with E-state index in [1.165, 1.54) is 23.9 Å². The topological polar surface area (TPSA) is 72.7 Å². The average molecular weight is 548 g/mol. The number of nitrogens with one attached hydrogen (secondary N) is 1. The SMILES string of the molecule is O=C(CSc1nnc2c3ccccc3n(Cc3ccc(F)cc3)c2n1)NC(Cc1ccccc1)c1ccccc1. The molecule has 0 fully saturated rings. The van der Waals surface area contributed by atoms with Gasteiger partial charge in [-0.25, -0.2) is 9.37 Å². The summed E-state index contributed by atoms with van der Waals surface area (Å²) in [5.41, 5.74) is 5.48. The number of fused-ring (bicyclic) bond motifs is 3. The number of amides is 1. The van der Waals surface area contributed by atoms with Gasteiger partial charge >= 0.3 is 0 Å². The van der Waals surface area contributed by atoms with E-state index in [0.29, 0.717) is 29.3 Å². The zero-order valence-corrected chi connectivity index (χ0v) is 22.4. The summed E-state index contributed by atoms with van der Waals surface area (Å²) in [5, 5.41) is 13.4. The van der Waals surface area contributed by atoms with Crippen LogP contribution in [-0.4, -0.2) is 31.4 Å². The monoisotopic (exact) mass is 547 g/mol. The van der Waals surface area contributed by atoms with Gasteiger partial charge in [0.05, 0.1) is 17.3 Å². The highest BCUT2D eigenvalue weighted by molar-refractivity contribution is 7.99. The lowest BCUT2D eigenvalue weighted by Crippen LogP contribution is -2.31. The van der Waals surface area contributed by atoms with Gasteiger partial charge in [0, 0.05) is 11.9 Å². The highest BCUT2D eigenvalue weighted by Gasteiger charge is 2.18. The van der Waals surface area contributed by atoms with Crippen molar-refractivity contribution in [3.63, 3.8) is 0 Å². The number of aromatic nitrogens is 4. The highest BCUT2D eigenvalue weighted by atomic mass is 32.2. The lowest BCUT2D eigenvalue weighted by atomic mass is 9.99. The largest absolute Gasteiger partial charge is 0.348 e. The molecule has 40 heavy (non-hydrogen) atoms. The zero-order chi connectivity index (χ0) is 27.3. The quantitative estimate of drug-likeness (QED) is 0.213. The maximum absolute atomic E-state index is 13.5. The van der Waals surface area contributed by atoms with Gasteiger partial charge in [-0.3, -0.25) is 4.79 Å². The predicted octanol–water partition coefficient (Wildman–Crippen LogP) is 6.36. The van der Waals surface area contributed by atoms with Crippen molar-refractivity contribution in [1.82, 2.24) is 25.1 Å². The van der Waals surface area contributed by atoms with Gasteiger partial charge in [-0.1, -0.05) is 103 Å². The summed E-state index contributed by atoms with van der Waals surface area (Å²) in [4.78, 5) is 17.9. The Balaban J connectivity index is 1.22. The highest BCUT2D eigenvalue weighted by Crippen LogP contribution is 2.28. The molecule has 0 bridgehead atoms. The molecule has 4 aromatic carbocycles. The van der Waals surface area contributed by atoms with Crippen LogP contribution in [0.3, 0.4) is 0 Å². The molecule has 6 aromatic rings. The van der Waals surface area contributed by atoms with Gasteiger partial charge in [-0.05, 0) is 41.3 Å². The van der Waals surface area contributed by atoms with Crippen LogP contribution in [0.2, 0.25) is 0 Å². The van der Waals surface area contributed by atoms with Crippen molar-refractivity contribution in [1.29, 1.82) is 0 Å². The molecule has 0 radical (unpaired) electrons. The summed E-state index contributed by atoms with van der Waals surface area (Å²) in [6, 6.07) is 34.3. The smallest absolute Gasteiger partial charge is 0.230 e. The molecule has 1 unspecified atom stereocenters. The molecule has 8 heteroatoms. The van der Waals surface area contributed by atoms with Crippen LogP contribution in [0.4, 0.5) is 4.39 Å². The van der Waals surface area contributed by atoms with Crippen LogP contribution in [0.25, 0.3) is 22.1 Å². The summed E-state index contributed by atoms with van der Waals surface area (Å²) < 4.78 is 15.5. The van der Waals surface area contributed by atoms with E-state index in [1.54, 1.807) is 12.1 Å². The molecule has 2 heterocycles. The van der Waals surface area contributed by atoms with E-state index >= 15 is 0 Å². The number of para-hydroxylation sites is 1. The molecule has 1 amide bonds. The van der Waals surface area contributed by atoms with Crippen molar-refractivity contribution in [2.24, 2.45) is 0 Å². The van der Waals surface area contributed by atoms with Crippen molar-refractivity contribution in [3.05, 3.63) is 132 Å². The Morgan fingerprint density at radius 3 is 2.30 bits per heavy atom. The number of nitrogens with zero attached hydrogens (tertiary/aromatic N) is 4. The first kappa shape index (κ1) is 25.7.